The Hall–Kier alpha value is -0.703. The van der Waals surface area contributed by atoms with Crippen LogP contribution in [0.1, 0.15) is 79.1 Å². The van der Waals surface area contributed by atoms with Crippen LogP contribution in [-0.4, -0.2) is 14.4 Å². The standard InChI is InChI=1S/C20H38O2Si/c1-5-9-16-23(17-10-6-2,18-11-7-3)22-20(8-4)21-19-14-12-13-15-19/h8,12,14,19H,5-7,9-11,13,15-18H2,1-4H3/b20-8-/t19-/m1/s1. The van der Waals surface area contributed by atoms with Gasteiger partial charge in [-0.15, -0.1) is 0 Å². The van der Waals surface area contributed by atoms with E-state index >= 15 is 0 Å². The first-order valence-corrected chi connectivity index (χ1v) is 12.4. The maximum absolute atomic E-state index is 6.70. The number of unbranched alkanes of at least 4 members (excludes halogenated alkanes) is 3. The minimum absolute atomic E-state index is 0.219. The normalized spacial score (nSPS) is 18.4. The molecule has 3 heteroatoms. The van der Waals surface area contributed by atoms with Gasteiger partial charge < -0.3 is 9.16 Å². The second kappa shape index (κ2) is 11.8. The van der Waals surface area contributed by atoms with Gasteiger partial charge in [0.25, 0.3) is 14.3 Å². The summed E-state index contributed by atoms with van der Waals surface area (Å²) in [4.78, 5) is 0. The average Bonchev–Trinajstić information content (AvgIpc) is 3.08. The van der Waals surface area contributed by atoms with Gasteiger partial charge in [0, 0.05) is 0 Å². The van der Waals surface area contributed by atoms with E-state index in [1.807, 2.05) is 13.0 Å². The third kappa shape index (κ3) is 7.60. The van der Waals surface area contributed by atoms with Crippen LogP contribution in [0.3, 0.4) is 0 Å². The van der Waals surface area contributed by atoms with Gasteiger partial charge in [-0.25, -0.2) is 0 Å². The van der Waals surface area contributed by atoms with E-state index in [2.05, 4.69) is 32.9 Å². The summed E-state index contributed by atoms with van der Waals surface area (Å²) in [6.45, 7) is 8.91. The quantitative estimate of drug-likeness (QED) is 0.205. The highest BCUT2D eigenvalue weighted by atomic mass is 28.4. The molecule has 2 nitrogen and oxygen atoms in total. The van der Waals surface area contributed by atoms with Crippen molar-refractivity contribution in [2.24, 2.45) is 0 Å². The van der Waals surface area contributed by atoms with E-state index in [-0.39, 0.29) is 6.10 Å². The highest BCUT2D eigenvalue weighted by molar-refractivity contribution is 6.74. The Morgan fingerprint density at radius 3 is 2.00 bits per heavy atom. The Balaban J connectivity index is 2.77. The van der Waals surface area contributed by atoms with Crippen molar-refractivity contribution >= 4 is 8.32 Å². The van der Waals surface area contributed by atoms with Crippen molar-refractivity contribution in [2.45, 2.75) is 103 Å². The zero-order valence-corrected chi connectivity index (χ0v) is 16.9. The number of hydrogen-bond donors (Lipinski definition) is 0. The molecule has 0 aromatic heterocycles. The van der Waals surface area contributed by atoms with E-state index in [9.17, 15) is 0 Å². The summed E-state index contributed by atoms with van der Waals surface area (Å²) < 4.78 is 12.8. The first-order valence-electron chi connectivity index (χ1n) is 9.88. The Bertz CT molecular complexity index is 341. The lowest BCUT2D eigenvalue weighted by atomic mass is 10.3. The van der Waals surface area contributed by atoms with Crippen molar-refractivity contribution in [1.29, 1.82) is 0 Å². The first kappa shape index (κ1) is 20.3. The molecule has 1 atom stereocenters. The zero-order chi connectivity index (χ0) is 17.0. The van der Waals surface area contributed by atoms with Crippen molar-refractivity contribution in [3.05, 3.63) is 24.2 Å². The maximum Gasteiger partial charge on any atom is 0.261 e. The molecule has 0 aromatic rings. The average molecular weight is 339 g/mol. The molecule has 0 aromatic carbocycles. The van der Waals surface area contributed by atoms with Crippen LogP contribution in [0.2, 0.25) is 18.1 Å². The van der Waals surface area contributed by atoms with Gasteiger partial charge in [0.2, 0.25) is 0 Å². The third-order valence-electron chi connectivity index (χ3n) is 4.75. The fraction of sp³-hybridized carbons (Fsp3) is 0.800. The Morgan fingerprint density at radius 1 is 1.04 bits per heavy atom. The van der Waals surface area contributed by atoms with Crippen molar-refractivity contribution in [1.82, 2.24) is 0 Å². The smallest absolute Gasteiger partial charge is 0.261 e. The summed E-state index contributed by atoms with van der Waals surface area (Å²) >= 11 is 0. The summed E-state index contributed by atoms with van der Waals surface area (Å²) in [6.07, 6.45) is 16.5. The van der Waals surface area contributed by atoms with E-state index in [4.69, 9.17) is 9.16 Å². The fourth-order valence-electron chi connectivity index (χ4n) is 3.24. The minimum atomic E-state index is -1.73. The molecule has 0 saturated heterocycles. The summed E-state index contributed by atoms with van der Waals surface area (Å²) in [5, 5.41) is 0. The minimum Gasteiger partial charge on any atom is -0.519 e. The number of hydrogen-bond acceptors (Lipinski definition) is 2. The molecule has 0 heterocycles. The van der Waals surface area contributed by atoms with Gasteiger partial charge in [0.15, 0.2) is 0 Å². The van der Waals surface area contributed by atoms with Crippen molar-refractivity contribution in [3.8, 4) is 0 Å². The van der Waals surface area contributed by atoms with Crippen LogP contribution < -0.4 is 0 Å². The number of ether oxygens (including phenoxy) is 1. The lowest BCUT2D eigenvalue weighted by Crippen LogP contribution is -2.38. The SMILES string of the molecule is C/C=C(/O[C@@H]1C=CCC1)O[Si](CCCC)(CCCC)CCCC. The van der Waals surface area contributed by atoms with E-state index < -0.39 is 8.32 Å². The Morgan fingerprint density at radius 2 is 1.61 bits per heavy atom. The molecular weight excluding hydrogens is 300 g/mol. The summed E-state index contributed by atoms with van der Waals surface area (Å²) in [5.41, 5.74) is 0. The largest absolute Gasteiger partial charge is 0.519 e. The monoisotopic (exact) mass is 338 g/mol. The van der Waals surface area contributed by atoms with Crippen molar-refractivity contribution in [3.63, 3.8) is 0 Å². The van der Waals surface area contributed by atoms with Crippen LogP contribution >= 0.6 is 0 Å². The van der Waals surface area contributed by atoms with E-state index in [1.165, 1.54) is 56.7 Å². The van der Waals surface area contributed by atoms with Crippen LogP contribution in [0.15, 0.2) is 24.2 Å². The predicted octanol–water partition coefficient (Wildman–Crippen LogP) is 6.95. The molecule has 23 heavy (non-hydrogen) atoms. The van der Waals surface area contributed by atoms with Gasteiger partial charge in [-0.2, -0.15) is 0 Å². The van der Waals surface area contributed by atoms with Gasteiger partial charge in [-0.05, 0) is 50.0 Å². The van der Waals surface area contributed by atoms with E-state index in [1.54, 1.807) is 0 Å². The number of rotatable bonds is 13. The molecule has 0 bridgehead atoms. The van der Waals surface area contributed by atoms with Gasteiger partial charge >= 0.3 is 0 Å². The summed E-state index contributed by atoms with van der Waals surface area (Å²) in [6, 6.07) is 3.85. The second-order valence-electron chi connectivity index (χ2n) is 6.87. The molecule has 0 amide bonds. The second-order valence-corrected chi connectivity index (χ2v) is 10.9. The molecule has 0 radical (unpaired) electrons. The van der Waals surface area contributed by atoms with Crippen LogP contribution in [0, 0.1) is 0 Å². The van der Waals surface area contributed by atoms with E-state index in [0.29, 0.717) is 0 Å². The Kier molecular flexibility index (Phi) is 10.4. The molecule has 0 N–H and O–H groups in total. The fourth-order valence-corrected chi connectivity index (χ4v) is 7.88. The highest BCUT2D eigenvalue weighted by Crippen LogP contribution is 2.32. The summed E-state index contributed by atoms with van der Waals surface area (Å²) in [5.74, 6) is 0.802. The van der Waals surface area contributed by atoms with Gasteiger partial charge in [-0.1, -0.05) is 65.4 Å². The lowest BCUT2D eigenvalue weighted by Gasteiger charge is -2.34. The summed E-state index contributed by atoms with van der Waals surface area (Å²) in [7, 11) is -1.73. The van der Waals surface area contributed by atoms with Crippen LogP contribution in [0.4, 0.5) is 0 Å². The van der Waals surface area contributed by atoms with E-state index in [0.717, 1.165) is 18.8 Å². The molecule has 0 fully saturated rings. The molecular formula is C20H38O2Si. The molecule has 1 rings (SSSR count). The van der Waals surface area contributed by atoms with Crippen molar-refractivity contribution < 1.29 is 9.16 Å². The molecule has 0 unspecified atom stereocenters. The van der Waals surface area contributed by atoms with Crippen LogP contribution in [-0.2, 0) is 9.16 Å². The number of allylic oxidation sites excluding steroid dienone is 2. The van der Waals surface area contributed by atoms with Gasteiger partial charge in [-0.3, -0.25) is 0 Å². The molecule has 1 aliphatic rings. The predicted molar refractivity (Wildman–Crippen MR) is 103 cm³/mol. The van der Waals surface area contributed by atoms with Crippen molar-refractivity contribution in [2.75, 3.05) is 0 Å². The topological polar surface area (TPSA) is 18.5 Å². The molecule has 0 aliphatic heterocycles. The Labute approximate surface area is 145 Å². The first-order chi connectivity index (χ1) is 11.2. The van der Waals surface area contributed by atoms with Crippen LogP contribution in [0.5, 0.6) is 0 Å². The molecule has 0 saturated carbocycles. The van der Waals surface area contributed by atoms with Gasteiger partial charge in [0.05, 0.1) is 0 Å². The van der Waals surface area contributed by atoms with Gasteiger partial charge in [0.1, 0.15) is 6.10 Å². The highest BCUT2D eigenvalue weighted by Gasteiger charge is 2.36. The lowest BCUT2D eigenvalue weighted by molar-refractivity contribution is 0.0621. The maximum atomic E-state index is 6.70. The zero-order valence-electron chi connectivity index (χ0n) is 15.9. The third-order valence-corrected chi connectivity index (χ3v) is 9.18. The molecule has 1 aliphatic carbocycles. The molecule has 134 valence electrons. The van der Waals surface area contributed by atoms with Crippen LogP contribution in [0.25, 0.3) is 0 Å². The molecule has 0 spiro atoms.